The normalized spacial score (nSPS) is 34.5. The maximum Gasteiger partial charge on any atom is 0.335 e. The number of carboxylic acid groups (broad SMARTS) is 1. The molecule has 4 unspecified atom stereocenters. The number of carboxylic acids is 1. The van der Waals surface area contributed by atoms with E-state index in [0.29, 0.717) is 6.42 Å². The molecule has 3 aliphatic rings. The average molecular weight is 264 g/mol. The van der Waals surface area contributed by atoms with Crippen LogP contribution in [0.2, 0.25) is 0 Å². The Labute approximate surface area is 108 Å². The first-order chi connectivity index (χ1) is 8.91. The Morgan fingerprint density at radius 3 is 2.68 bits per heavy atom. The van der Waals surface area contributed by atoms with Crippen LogP contribution in [0.4, 0.5) is 0 Å². The first kappa shape index (κ1) is 12.0. The second-order valence-electron chi connectivity index (χ2n) is 5.10. The van der Waals surface area contributed by atoms with Crippen LogP contribution < -0.4 is 0 Å². The minimum atomic E-state index is -1.14. The number of ether oxygens (including phenoxy) is 2. The molecule has 3 rings (SSSR count). The lowest BCUT2D eigenvalue weighted by Crippen LogP contribution is -2.36. The van der Waals surface area contributed by atoms with Gasteiger partial charge in [0.2, 0.25) is 0 Å². The molecule has 0 spiro atoms. The summed E-state index contributed by atoms with van der Waals surface area (Å²) < 4.78 is 10.4. The third-order valence-corrected chi connectivity index (χ3v) is 3.94. The highest BCUT2D eigenvalue weighted by Crippen LogP contribution is 2.55. The SMILES string of the molecule is C=C(C)C(=O)OC1C2CC3C(=C2C(=O)O)C(=O)OC31. The summed E-state index contributed by atoms with van der Waals surface area (Å²) in [5.74, 6) is -3.05. The van der Waals surface area contributed by atoms with Crippen LogP contribution in [0, 0.1) is 11.8 Å². The van der Waals surface area contributed by atoms with E-state index in [0.717, 1.165) is 0 Å². The summed E-state index contributed by atoms with van der Waals surface area (Å²) in [6.07, 6.45) is -0.768. The van der Waals surface area contributed by atoms with Crippen LogP contribution in [0.15, 0.2) is 23.3 Å². The molecule has 1 aliphatic heterocycles. The lowest BCUT2D eigenvalue weighted by Gasteiger charge is -2.24. The van der Waals surface area contributed by atoms with Crippen molar-refractivity contribution in [1.82, 2.24) is 0 Å². The van der Waals surface area contributed by atoms with Crippen molar-refractivity contribution in [2.75, 3.05) is 0 Å². The Morgan fingerprint density at radius 1 is 1.42 bits per heavy atom. The molecule has 0 radical (unpaired) electrons. The first-order valence-corrected chi connectivity index (χ1v) is 5.96. The largest absolute Gasteiger partial charge is 0.478 e. The van der Waals surface area contributed by atoms with Crippen molar-refractivity contribution in [3.8, 4) is 0 Å². The van der Waals surface area contributed by atoms with Gasteiger partial charge >= 0.3 is 17.9 Å². The van der Waals surface area contributed by atoms with Gasteiger partial charge in [0, 0.05) is 17.4 Å². The Bertz CT molecular complexity index is 557. The molecule has 1 saturated carbocycles. The van der Waals surface area contributed by atoms with Gasteiger partial charge in [-0.25, -0.2) is 14.4 Å². The molecule has 1 N–H and O–H groups in total. The minimum absolute atomic E-state index is 0.0447. The Morgan fingerprint density at radius 2 is 2.11 bits per heavy atom. The van der Waals surface area contributed by atoms with E-state index in [4.69, 9.17) is 9.47 Å². The Hall–Kier alpha value is -2.11. The van der Waals surface area contributed by atoms with E-state index in [1.54, 1.807) is 0 Å². The molecule has 2 aliphatic carbocycles. The van der Waals surface area contributed by atoms with Gasteiger partial charge in [-0.15, -0.1) is 0 Å². The number of hydrogen-bond donors (Lipinski definition) is 1. The van der Waals surface area contributed by atoms with Crippen molar-refractivity contribution in [3.05, 3.63) is 23.3 Å². The minimum Gasteiger partial charge on any atom is -0.478 e. The van der Waals surface area contributed by atoms with Crippen LogP contribution in [-0.4, -0.2) is 35.2 Å². The summed E-state index contributed by atoms with van der Waals surface area (Å²) in [6.45, 7) is 4.99. The summed E-state index contributed by atoms with van der Waals surface area (Å²) >= 11 is 0. The van der Waals surface area contributed by atoms with Crippen molar-refractivity contribution in [2.45, 2.75) is 25.6 Å². The van der Waals surface area contributed by atoms with Gasteiger partial charge in [0.1, 0.15) is 12.2 Å². The number of rotatable bonds is 3. The van der Waals surface area contributed by atoms with Crippen molar-refractivity contribution in [3.63, 3.8) is 0 Å². The summed E-state index contributed by atoms with van der Waals surface area (Å²) in [5, 5.41) is 9.21. The van der Waals surface area contributed by atoms with Gasteiger partial charge in [-0.1, -0.05) is 6.58 Å². The fourth-order valence-electron chi connectivity index (χ4n) is 3.21. The summed E-state index contributed by atoms with van der Waals surface area (Å²) in [5.41, 5.74) is 0.529. The molecule has 1 heterocycles. The lowest BCUT2D eigenvalue weighted by atomic mass is 9.90. The summed E-state index contributed by atoms with van der Waals surface area (Å²) in [6, 6.07) is 0. The number of esters is 2. The van der Waals surface area contributed by atoms with Gasteiger partial charge < -0.3 is 14.6 Å². The molecule has 2 bridgehead atoms. The van der Waals surface area contributed by atoms with Crippen molar-refractivity contribution < 1.29 is 29.0 Å². The predicted molar refractivity (Wildman–Crippen MR) is 60.8 cm³/mol. The molecule has 4 atom stereocenters. The fourth-order valence-corrected chi connectivity index (χ4v) is 3.21. The first-order valence-electron chi connectivity index (χ1n) is 5.96. The molecule has 0 aromatic rings. The van der Waals surface area contributed by atoms with E-state index in [1.807, 2.05) is 0 Å². The predicted octanol–water partition coefficient (Wildman–Crippen LogP) is 0.431. The van der Waals surface area contributed by atoms with Gasteiger partial charge in [-0.05, 0) is 13.3 Å². The summed E-state index contributed by atoms with van der Waals surface area (Å²) in [4.78, 5) is 34.5. The van der Waals surface area contributed by atoms with Gasteiger partial charge in [0.05, 0.1) is 11.1 Å². The molecule has 19 heavy (non-hydrogen) atoms. The van der Waals surface area contributed by atoms with Crippen LogP contribution in [0.1, 0.15) is 13.3 Å². The molecule has 0 amide bonds. The zero-order valence-corrected chi connectivity index (χ0v) is 10.2. The standard InChI is InChI=1S/C13H12O6/c1-4(2)12(16)18-9-5-3-6-8(7(5)11(14)15)13(17)19-10(6)9/h5-6,9-10H,1,3H2,2H3,(H,14,15). The second kappa shape index (κ2) is 3.69. The van der Waals surface area contributed by atoms with Crippen molar-refractivity contribution in [2.24, 2.45) is 11.8 Å². The number of carbonyl (C=O) groups is 3. The third kappa shape index (κ3) is 1.46. The van der Waals surface area contributed by atoms with Gasteiger partial charge in [0.25, 0.3) is 0 Å². The molecule has 6 nitrogen and oxygen atoms in total. The molecule has 0 aromatic heterocycles. The van der Waals surface area contributed by atoms with Gasteiger partial charge in [-0.2, -0.15) is 0 Å². The number of fused-ring (bicyclic) bond motifs is 1. The number of carbonyl (C=O) groups excluding carboxylic acids is 2. The second-order valence-corrected chi connectivity index (χ2v) is 5.10. The molecule has 1 saturated heterocycles. The molecule has 6 heteroatoms. The number of aliphatic carboxylic acids is 1. The van der Waals surface area contributed by atoms with Crippen LogP contribution in [0.3, 0.4) is 0 Å². The smallest absolute Gasteiger partial charge is 0.335 e. The maximum atomic E-state index is 11.7. The van der Waals surface area contributed by atoms with Crippen LogP contribution in [0.25, 0.3) is 0 Å². The van der Waals surface area contributed by atoms with Crippen molar-refractivity contribution >= 4 is 17.9 Å². The van der Waals surface area contributed by atoms with E-state index < -0.39 is 36.0 Å². The zero-order valence-electron chi connectivity index (χ0n) is 10.2. The maximum absolute atomic E-state index is 11.7. The third-order valence-electron chi connectivity index (χ3n) is 3.94. The van der Waals surface area contributed by atoms with Crippen LogP contribution in [-0.2, 0) is 23.9 Å². The zero-order chi connectivity index (χ0) is 13.9. The van der Waals surface area contributed by atoms with E-state index in [-0.39, 0.29) is 22.6 Å². The van der Waals surface area contributed by atoms with E-state index in [1.165, 1.54) is 6.92 Å². The van der Waals surface area contributed by atoms with E-state index in [9.17, 15) is 19.5 Å². The fraction of sp³-hybridized carbons (Fsp3) is 0.462. The lowest BCUT2D eigenvalue weighted by molar-refractivity contribution is -0.158. The molecule has 100 valence electrons. The summed E-state index contributed by atoms with van der Waals surface area (Å²) in [7, 11) is 0. The molecular formula is C13H12O6. The molecular weight excluding hydrogens is 252 g/mol. The highest BCUT2D eigenvalue weighted by Gasteiger charge is 2.63. The van der Waals surface area contributed by atoms with Crippen LogP contribution in [0.5, 0.6) is 0 Å². The van der Waals surface area contributed by atoms with Crippen LogP contribution >= 0.6 is 0 Å². The quantitative estimate of drug-likeness (QED) is 0.587. The monoisotopic (exact) mass is 264 g/mol. The highest BCUT2D eigenvalue weighted by molar-refractivity contribution is 6.04. The topological polar surface area (TPSA) is 89.9 Å². The van der Waals surface area contributed by atoms with Crippen molar-refractivity contribution in [1.29, 1.82) is 0 Å². The van der Waals surface area contributed by atoms with E-state index in [2.05, 4.69) is 6.58 Å². The molecule has 2 fully saturated rings. The Kier molecular flexibility index (Phi) is 2.32. The van der Waals surface area contributed by atoms with E-state index >= 15 is 0 Å². The number of hydrogen-bond acceptors (Lipinski definition) is 5. The van der Waals surface area contributed by atoms with Gasteiger partial charge in [-0.3, -0.25) is 0 Å². The Balaban J connectivity index is 1.95. The molecule has 0 aromatic carbocycles. The highest BCUT2D eigenvalue weighted by atomic mass is 16.6. The van der Waals surface area contributed by atoms with Gasteiger partial charge in [0.15, 0.2) is 0 Å². The average Bonchev–Trinajstić information content (AvgIpc) is 2.91.